The van der Waals surface area contributed by atoms with E-state index in [2.05, 4.69) is 25.9 Å². The van der Waals surface area contributed by atoms with Crippen LogP contribution in [-0.2, 0) is 0 Å². The Morgan fingerprint density at radius 2 is 2.11 bits per heavy atom. The maximum absolute atomic E-state index is 11.2. The van der Waals surface area contributed by atoms with Gasteiger partial charge in [0.25, 0.3) is 0 Å². The summed E-state index contributed by atoms with van der Waals surface area (Å²) in [7, 11) is 0. The number of aromatic amines is 1. The predicted molar refractivity (Wildman–Crippen MR) is 70.7 cm³/mol. The van der Waals surface area contributed by atoms with Crippen molar-refractivity contribution in [3.05, 3.63) is 40.1 Å². The molecule has 18 heavy (non-hydrogen) atoms. The summed E-state index contributed by atoms with van der Waals surface area (Å²) in [5.41, 5.74) is 1.79. The predicted octanol–water partition coefficient (Wildman–Crippen LogP) is 3.41. The third-order valence-corrected chi connectivity index (χ3v) is 3.74. The normalized spacial score (nSPS) is 14.7. The van der Waals surface area contributed by atoms with Crippen LogP contribution in [-0.4, -0.2) is 21.0 Å². The lowest BCUT2D eigenvalue weighted by Gasteiger charge is -1.99. The Morgan fingerprint density at radius 1 is 1.39 bits per heavy atom. The number of carbonyl (C=O) groups is 1. The van der Waals surface area contributed by atoms with Crippen LogP contribution in [0.1, 0.15) is 34.9 Å². The molecule has 0 radical (unpaired) electrons. The molecular weight excluding hydrogens is 296 g/mol. The lowest BCUT2D eigenvalue weighted by molar-refractivity contribution is 0.0690. The highest BCUT2D eigenvalue weighted by Crippen LogP contribution is 2.41. The number of benzene rings is 1. The molecule has 0 amide bonds. The van der Waals surface area contributed by atoms with Crippen molar-refractivity contribution in [3.63, 3.8) is 0 Å². The summed E-state index contributed by atoms with van der Waals surface area (Å²) in [6.07, 6.45) is 2.08. The number of halogens is 1. The Labute approximate surface area is 112 Å². The number of nitrogens with one attached hydrogen (secondary N) is 1. The Kier molecular flexibility index (Phi) is 2.70. The van der Waals surface area contributed by atoms with E-state index in [1.165, 1.54) is 0 Å². The summed E-state index contributed by atoms with van der Waals surface area (Å²) in [6, 6.07) is 7.64. The maximum atomic E-state index is 11.2. The van der Waals surface area contributed by atoms with E-state index in [1.807, 2.05) is 24.3 Å². The van der Waals surface area contributed by atoms with Gasteiger partial charge in [0.1, 0.15) is 5.82 Å². The molecule has 5 heteroatoms. The van der Waals surface area contributed by atoms with Crippen LogP contribution in [0.2, 0.25) is 0 Å². The van der Waals surface area contributed by atoms with E-state index in [1.54, 1.807) is 0 Å². The van der Waals surface area contributed by atoms with Gasteiger partial charge in [0.05, 0.1) is 5.69 Å². The van der Waals surface area contributed by atoms with Gasteiger partial charge in [-0.15, -0.1) is 0 Å². The average molecular weight is 307 g/mol. The zero-order valence-electron chi connectivity index (χ0n) is 9.48. The van der Waals surface area contributed by atoms with E-state index in [-0.39, 0.29) is 5.69 Å². The molecule has 3 rings (SSSR count). The van der Waals surface area contributed by atoms with Gasteiger partial charge >= 0.3 is 5.97 Å². The zero-order chi connectivity index (χ0) is 12.7. The molecule has 92 valence electrons. The summed E-state index contributed by atoms with van der Waals surface area (Å²) in [6.45, 7) is 0. The molecule has 0 aliphatic heterocycles. The number of H-pyrrole nitrogens is 1. The molecule has 0 spiro atoms. The number of aromatic carboxylic acids is 1. The number of imidazole rings is 1. The third-order valence-electron chi connectivity index (χ3n) is 3.05. The SMILES string of the molecule is O=C(O)c1nc(-c2ccccc2Br)[nH]c1C1CC1. The second-order valence-electron chi connectivity index (χ2n) is 4.41. The van der Waals surface area contributed by atoms with Crippen LogP contribution in [0.25, 0.3) is 11.4 Å². The Balaban J connectivity index is 2.11. The van der Waals surface area contributed by atoms with Crippen molar-refractivity contribution < 1.29 is 9.90 Å². The van der Waals surface area contributed by atoms with Gasteiger partial charge in [0, 0.05) is 16.0 Å². The fourth-order valence-corrected chi connectivity index (χ4v) is 2.47. The van der Waals surface area contributed by atoms with E-state index in [0.717, 1.165) is 28.6 Å². The van der Waals surface area contributed by atoms with Crippen LogP contribution < -0.4 is 0 Å². The highest BCUT2D eigenvalue weighted by molar-refractivity contribution is 9.10. The lowest BCUT2D eigenvalue weighted by atomic mass is 10.2. The number of carboxylic acids is 1. The number of aromatic nitrogens is 2. The number of hydrogen-bond acceptors (Lipinski definition) is 2. The van der Waals surface area contributed by atoms with E-state index < -0.39 is 5.97 Å². The van der Waals surface area contributed by atoms with Crippen LogP contribution in [0.3, 0.4) is 0 Å². The van der Waals surface area contributed by atoms with Crippen molar-refractivity contribution in [2.24, 2.45) is 0 Å². The minimum Gasteiger partial charge on any atom is -0.476 e. The Morgan fingerprint density at radius 3 is 2.72 bits per heavy atom. The van der Waals surface area contributed by atoms with Gasteiger partial charge in [-0.3, -0.25) is 0 Å². The first-order valence-corrected chi connectivity index (χ1v) is 6.54. The molecule has 2 aromatic rings. The van der Waals surface area contributed by atoms with Crippen LogP contribution in [0, 0.1) is 0 Å². The molecule has 1 fully saturated rings. The number of hydrogen-bond donors (Lipinski definition) is 2. The van der Waals surface area contributed by atoms with E-state index in [0.29, 0.717) is 11.7 Å². The lowest BCUT2D eigenvalue weighted by Crippen LogP contribution is -2.00. The first-order chi connectivity index (χ1) is 8.66. The number of rotatable bonds is 3. The van der Waals surface area contributed by atoms with Crippen LogP contribution in [0.4, 0.5) is 0 Å². The van der Waals surface area contributed by atoms with Crippen molar-refractivity contribution in [1.82, 2.24) is 9.97 Å². The highest BCUT2D eigenvalue weighted by Gasteiger charge is 2.31. The van der Waals surface area contributed by atoms with Gasteiger partial charge in [0.2, 0.25) is 0 Å². The first kappa shape index (κ1) is 11.5. The van der Waals surface area contributed by atoms with Crippen LogP contribution in [0.5, 0.6) is 0 Å². The molecule has 1 aliphatic rings. The molecule has 1 aliphatic carbocycles. The van der Waals surface area contributed by atoms with Crippen LogP contribution in [0.15, 0.2) is 28.7 Å². The molecular formula is C13H11BrN2O2. The molecule has 2 N–H and O–H groups in total. The van der Waals surface area contributed by atoms with Crippen molar-refractivity contribution in [1.29, 1.82) is 0 Å². The van der Waals surface area contributed by atoms with Crippen molar-refractivity contribution in [2.75, 3.05) is 0 Å². The van der Waals surface area contributed by atoms with Gasteiger partial charge in [-0.2, -0.15) is 0 Å². The average Bonchev–Trinajstić information content (AvgIpc) is 3.09. The molecule has 1 heterocycles. The molecule has 0 atom stereocenters. The minimum atomic E-state index is -0.966. The Hall–Kier alpha value is -1.62. The van der Waals surface area contributed by atoms with E-state index >= 15 is 0 Å². The monoisotopic (exact) mass is 306 g/mol. The molecule has 0 unspecified atom stereocenters. The van der Waals surface area contributed by atoms with Gasteiger partial charge in [-0.05, 0) is 18.9 Å². The maximum Gasteiger partial charge on any atom is 0.356 e. The van der Waals surface area contributed by atoms with E-state index in [4.69, 9.17) is 0 Å². The summed E-state index contributed by atoms with van der Waals surface area (Å²) < 4.78 is 0.901. The van der Waals surface area contributed by atoms with Crippen molar-refractivity contribution >= 4 is 21.9 Å². The molecule has 0 bridgehead atoms. The molecule has 4 nitrogen and oxygen atoms in total. The molecule has 1 aromatic carbocycles. The quantitative estimate of drug-likeness (QED) is 0.913. The summed E-state index contributed by atoms with van der Waals surface area (Å²) >= 11 is 3.45. The fourth-order valence-electron chi connectivity index (χ4n) is 2.00. The van der Waals surface area contributed by atoms with Gasteiger partial charge in [0.15, 0.2) is 5.69 Å². The van der Waals surface area contributed by atoms with Crippen LogP contribution >= 0.6 is 15.9 Å². The summed E-state index contributed by atoms with van der Waals surface area (Å²) in [5, 5.41) is 9.18. The number of nitrogens with zero attached hydrogens (tertiary/aromatic N) is 1. The highest BCUT2D eigenvalue weighted by atomic mass is 79.9. The summed E-state index contributed by atoms with van der Waals surface area (Å²) in [5.74, 6) is -0.0203. The standard InChI is InChI=1S/C13H11BrN2O2/c14-9-4-2-1-3-8(9)12-15-10(7-5-6-7)11(16-12)13(17)18/h1-4,7H,5-6H2,(H,15,16)(H,17,18). The molecule has 1 aromatic heterocycles. The van der Waals surface area contributed by atoms with Crippen molar-refractivity contribution in [3.8, 4) is 11.4 Å². The van der Waals surface area contributed by atoms with Gasteiger partial charge < -0.3 is 10.1 Å². The fraction of sp³-hybridized carbons (Fsp3) is 0.231. The zero-order valence-corrected chi connectivity index (χ0v) is 11.1. The van der Waals surface area contributed by atoms with Crippen molar-refractivity contribution in [2.45, 2.75) is 18.8 Å². The largest absolute Gasteiger partial charge is 0.476 e. The van der Waals surface area contributed by atoms with Gasteiger partial charge in [-0.25, -0.2) is 9.78 Å². The second kappa shape index (κ2) is 4.24. The second-order valence-corrected chi connectivity index (χ2v) is 5.26. The van der Waals surface area contributed by atoms with E-state index in [9.17, 15) is 9.90 Å². The minimum absolute atomic E-state index is 0.156. The number of carboxylic acid groups (broad SMARTS) is 1. The summed E-state index contributed by atoms with van der Waals surface area (Å²) in [4.78, 5) is 18.6. The molecule has 0 saturated heterocycles. The smallest absolute Gasteiger partial charge is 0.356 e. The topological polar surface area (TPSA) is 66.0 Å². The molecule has 1 saturated carbocycles. The first-order valence-electron chi connectivity index (χ1n) is 5.75. The van der Waals surface area contributed by atoms with Gasteiger partial charge in [-0.1, -0.05) is 34.1 Å². The third kappa shape index (κ3) is 1.95. The Bertz CT molecular complexity index is 617.